The van der Waals surface area contributed by atoms with Crippen LogP contribution in [0.1, 0.15) is 5.56 Å². The van der Waals surface area contributed by atoms with Crippen LogP contribution < -0.4 is 0 Å². The highest BCUT2D eigenvalue weighted by molar-refractivity contribution is 6.17. The summed E-state index contributed by atoms with van der Waals surface area (Å²) < 4.78 is 10.8. The Morgan fingerprint density at radius 2 is 1.19 bits per heavy atom. The molecule has 6 aromatic carbocycles. The summed E-state index contributed by atoms with van der Waals surface area (Å²) in [4.78, 5) is 3.64. The van der Waals surface area contributed by atoms with E-state index in [9.17, 15) is 5.26 Å². The Balaban J connectivity index is 1.35. The summed E-state index contributed by atoms with van der Waals surface area (Å²) in [5.74, 6) is 0. The number of fused-ring (bicyclic) bond motifs is 9. The van der Waals surface area contributed by atoms with Crippen molar-refractivity contribution in [3.8, 4) is 17.4 Å². The lowest BCUT2D eigenvalue weighted by Gasteiger charge is -2.13. The van der Waals surface area contributed by atoms with Crippen molar-refractivity contribution in [2.24, 2.45) is 0 Å². The van der Waals surface area contributed by atoms with Gasteiger partial charge in [-0.1, -0.05) is 48.5 Å². The Morgan fingerprint density at radius 3 is 1.91 bits per heavy atom. The van der Waals surface area contributed by atoms with Crippen LogP contribution in [0.25, 0.3) is 81.8 Å². The van der Waals surface area contributed by atoms with E-state index in [1.54, 1.807) is 6.07 Å². The lowest BCUT2D eigenvalue weighted by molar-refractivity contribution is 0.669. The fourth-order valence-electron chi connectivity index (χ4n) is 6.67. The molecular weight excluding hydrogens is 528 g/mol. The van der Waals surface area contributed by atoms with Crippen molar-refractivity contribution in [2.75, 3.05) is 0 Å². The van der Waals surface area contributed by atoms with Gasteiger partial charge >= 0.3 is 0 Å². The highest BCUT2D eigenvalue weighted by Crippen LogP contribution is 2.40. The smallest absolute Gasteiger partial charge is 0.188 e. The number of rotatable bonds is 2. The average molecular weight is 549 g/mol. The number of para-hydroxylation sites is 2. The van der Waals surface area contributed by atoms with Crippen molar-refractivity contribution in [1.29, 1.82) is 5.26 Å². The summed E-state index contributed by atoms with van der Waals surface area (Å²) >= 11 is 0. The molecule has 0 N–H and O–H groups in total. The van der Waals surface area contributed by atoms with Gasteiger partial charge in [-0.3, -0.25) is 0 Å². The lowest BCUT2D eigenvalue weighted by Crippen LogP contribution is -1.98. The molecular formula is C38H20N4O. The van der Waals surface area contributed by atoms with Crippen molar-refractivity contribution in [2.45, 2.75) is 0 Å². The van der Waals surface area contributed by atoms with Gasteiger partial charge in [0.05, 0.1) is 40.3 Å². The Morgan fingerprint density at radius 1 is 0.535 bits per heavy atom. The molecule has 0 saturated carbocycles. The van der Waals surface area contributed by atoms with Crippen molar-refractivity contribution in [3.05, 3.63) is 138 Å². The maximum absolute atomic E-state index is 9.57. The number of hydrogen-bond acceptors (Lipinski definition) is 2. The van der Waals surface area contributed by atoms with Gasteiger partial charge in [0.2, 0.25) is 0 Å². The van der Waals surface area contributed by atoms with E-state index in [1.807, 2.05) is 36.4 Å². The maximum atomic E-state index is 9.57. The van der Waals surface area contributed by atoms with Crippen LogP contribution in [0.15, 0.2) is 126 Å². The summed E-state index contributed by atoms with van der Waals surface area (Å²) in [6.45, 7) is 7.51. The third-order valence-electron chi connectivity index (χ3n) is 8.52. The molecule has 0 unspecified atom stereocenters. The first-order valence-electron chi connectivity index (χ1n) is 14.0. The van der Waals surface area contributed by atoms with Gasteiger partial charge in [-0.25, -0.2) is 4.85 Å². The summed E-state index contributed by atoms with van der Waals surface area (Å²) in [6.07, 6.45) is 0. The van der Waals surface area contributed by atoms with Crippen molar-refractivity contribution in [3.63, 3.8) is 0 Å². The van der Waals surface area contributed by atoms with Gasteiger partial charge in [0.15, 0.2) is 5.69 Å². The maximum Gasteiger partial charge on any atom is 0.188 e. The second-order valence-electron chi connectivity index (χ2n) is 10.8. The Kier molecular flexibility index (Phi) is 4.68. The van der Waals surface area contributed by atoms with Gasteiger partial charge in [0.25, 0.3) is 0 Å². The topological polar surface area (TPSA) is 51.1 Å². The van der Waals surface area contributed by atoms with Crippen LogP contribution in [0.3, 0.4) is 0 Å². The van der Waals surface area contributed by atoms with Gasteiger partial charge in [-0.15, -0.1) is 0 Å². The molecule has 43 heavy (non-hydrogen) atoms. The zero-order valence-corrected chi connectivity index (χ0v) is 22.7. The fourth-order valence-corrected chi connectivity index (χ4v) is 6.67. The first kappa shape index (κ1) is 23.4. The molecule has 0 saturated heterocycles. The molecule has 9 aromatic rings. The zero-order chi connectivity index (χ0) is 28.7. The van der Waals surface area contributed by atoms with Crippen LogP contribution in [0, 0.1) is 17.9 Å². The highest BCUT2D eigenvalue weighted by Gasteiger charge is 2.18. The second-order valence-corrected chi connectivity index (χ2v) is 10.8. The van der Waals surface area contributed by atoms with Crippen molar-refractivity contribution < 1.29 is 4.42 Å². The number of aromatic nitrogens is 2. The van der Waals surface area contributed by atoms with Crippen LogP contribution in [-0.2, 0) is 0 Å². The molecule has 0 fully saturated rings. The molecule has 3 heterocycles. The van der Waals surface area contributed by atoms with Gasteiger partial charge in [0, 0.05) is 43.7 Å². The zero-order valence-electron chi connectivity index (χ0n) is 22.7. The van der Waals surface area contributed by atoms with E-state index in [0.717, 1.165) is 76.9 Å². The van der Waals surface area contributed by atoms with Crippen molar-refractivity contribution in [1.82, 2.24) is 9.13 Å². The third-order valence-corrected chi connectivity index (χ3v) is 8.52. The largest absolute Gasteiger partial charge is 0.456 e. The first-order valence-corrected chi connectivity index (χ1v) is 14.0. The Labute approximate surface area is 245 Å². The van der Waals surface area contributed by atoms with Crippen LogP contribution in [0.2, 0.25) is 0 Å². The molecule has 198 valence electrons. The molecule has 0 aliphatic rings. The molecule has 0 bridgehead atoms. The average Bonchev–Trinajstić information content (AvgIpc) is 3.70. The van der Waals surface area contributed by atoms with E-state index in [2.05, 4.69) is 98.9 Å². The molecule has 0 spiro atoms. The standard InChI is InChI=1S/C38H20N4O/c1-40-24-14-16-37-31(18-24)32-20-36-30(21-38(32)43-37)28-10-3-5-12-34(28)42(36)26-8-6-7-25(19-26)41-33-11-4-2-9-27(33)29-17-23(22-39)13-15-35(29)41/h2-21H. The molecule has 5 heteroatoms. The number of nitrogens with zero attached hydrogens (tertiary/aromatic N) is 4. The number of nitriles is 1. The Bertz CT molecular complexity index is 2710. The van der Waals surface area contributed by atoms with Gasteiger partial charge < -0.3 is 13.6 Å². The lowest BCUT2D eigenvalue weighted by atomic mass is 10.1. The van der Waals surface area contributed by atoms with Crippen LogP contribution in [0.4, 0.5) is 5.69 Å². The van der Waals surface area contributed by atoms with E-state index in [1.165, 1.54) is 0 Å². The minimum absolute atomic E-state index is 0.594. The van der Waals surface area contributed by atoms with E-state index in [0.29, 0.717) is 11.3 Å². The molecule has 3 aromatic heterocycles. The monoisotopic (exact) mass is 548 g/mol. The summed E-state index contributed by atoms with van der Waals surface area (Å²) in [7, 11) is 0. The number of benzene rings is 6. The SMILES string of the molecule is [C-]#[N+]c1ccc2oc3cc4c5ccccc5n(-c5cccc(-n6c7ccccc7c7cc(C#N)ccc76)c5)c4cc3c2c1. The predicted molar refractivity (Wildman–Crippen MR) is 173 cm³/mol. The normalized spacial score (nSPS) is 11.7. The molecule has 9 rings (SSSR count). The van der Waals surface area contributed by atoms with Gasteiger partial charge in [-0.2, -0.15) is 5.26 Å². The number of hydrogen-bond donors (Lipinski definition) is 0. The summed E-state index contributed by atoms with van der Waals surface area (Å²) in [6, 6.07) is 43.5. The minimum Gasteiger partial charge on any atom is -0.456 e. The molecule has 0 aliphatic heterocycles. The minimum atomic E-state index is 0.594. The van der Waals surface area contributed by atoms with E-state index in [-0.39, 0.29) is 0 Å². The number of furan rings is 1. The van der Waals surface area contributed by atoms with Crippen LogP contribution in [0.5, 0.6) is 0 Å². The first-order chi connectivity index (χ1) is 21.2. The quantitative estimate of drug-likeness (QED) is 0.202. The molecule has 0 radical (unpaired) electrons. The second kappa shape index (κ2) is 8.60. The summed E-state index contributed by atoms with van der Waals surface area (Å²) in [5.41, 5.74) is 9.23. The summed E-state index contributed by atoms with van der Waals surface area (Å²) in [5, 5.41) is 15.9. The van der Waals surface area contributed by atoms with E-state index in [4.69, 9.17) is 11.0 Å². The predicted octanol–water partition coefficient (Wildman–Crippen LogP) is 10.2. The highest BCUT2D eigenvalue weighted by atomic mass is 16.3. The van der Waals surface area contributed by atoms with Gasteiger partial charge in [-0.05, 0) is 72.8 Å². The third kappa shape index (κ3) is 3.25. The van der Waals surface area contributed by atoms with Crippen molar-refractivity contribution >= 4 is 71.2 Å². The van der Waals surface area contributed by atoms with Gasteiger partial charge in [0.1, 0.15) is 11.2 Å². The molecule has 5 nitrogen and oxygen atoms in total. The van der Waals surface area contributed by atoms with Crippen LogP contribution in [-0.4, -0.2) is 9.13 Å². The van der Waals surface area contributed by atoms with Crippen LogP contribution >= 0.6 is 0 Å². The van der Waals surface area contributed by atoms with E-state index >= 15 is 0 Å². The molecule has 0 aliphatic carbocycles. The molecule has 0 amide bonds. The fraction of sp³-hybridized carbons (Fsp3) is 0. The van der Waals surface area contributed by atoms with E-state index < -0.39 is 0 Å². The Hall–Kier alpha value is -6.30. The molecule has 0 atom stereocenters.